The van der Waals surface area contributed by atoms with Crippen LogP contribution in [0, 0.1) is 0 Å². The zero-order valence-corrected chi connectivity index (χ0v) is 19.3. The molecule has 2 heterocycles. The summed E-state index contributed by atoms with van der Waals surface area (Å²) in [7, 11) is 0. The minimum atomic E-state index is 1.12. The third kappa shape index (κ3) is 12.7. The number of hydrogen-bond donors (Lipinski definition) is 0. The zero-order chi connectivity index (χ0) is 17.3. The normalized spacial score (nSPS) is 10.4. The van der Waals surface area contributed by atoms with Crippen molar-refractivity contribution in [3.63, 3.8) is 0 Å². The SMILES string of the molecule is BrCCCCCCCCCc1cccs1.BrCCCc1cccs1. The van der Waals surface area contributed by atoms with Crippen LogP contribution in [0.5, 0.6) is 0 Å². The molecule has 0 saturated carbocycles. The lowest BCUT2D eigenvalue weighted by molar-refractivity contribution is 0.592. The highest BCUT2D eigenvalue weighted by atomic mass is 79.9. The molecule has 136 valence electrons. The van der Waals surface area contributed by atoms with Gasteiger partial charge in [0.05, 0.1) is 0 Å². The summed E-state index contributed by atoms with van der Waals surface area (Å²) in [6.07, 6.45) is 13.6. The van der Waals surface area contributed by atoms with Gasteiger partial charge in [-0.3, -0.25) is 0 Å². The summed E-state index contributed by atoms with van der Waals surface area (Å²) in [5.41, 5.74) is 0. The van der Waals surface area contributed by atoms with E-state index in [2.05, 4.69) is 66.9 Å². The van der Waals surface area contributed by atoms with Gasteiger partial charge in [-0.15, -0.1) is 22.7 Å². The quantitative estimate of drug-likeness (QED) is 0.205. The van der Waals surface area contributed by atoms with Crippen LogP contribution in [-0.2, 0) is 12.8 Å². The van der Waals surface area contributed by atoms with Gasteiger partial charge in [0.15, 0.2) is 0 Å². The first-order chi connectivity index (χ1) is 11.9. The van der Waals surface area contributed by atoms with E-state index in [-0.39, 0.29) is 0 Å². The molecule has 0 aliphatic heterocycles. The molecule has 0 aromatic carbocycles. The van der Waals surface area contributed by atoms with E-state index in [1.54, 1.807) is 4.88 Å². The molecule has 0 atom stereocenters. The molecule has 0 aliphatic carbocycles. The first kappa shape index (κ1) is 22.4. The lowest BCUT2D eigenvalue weighted by atomic mass is 10.1. The molecule has 2 aromatic rings. The molecule has 0 unspecified atom stereocenters. The molecular weight excluding hydrogens is 464 g/mol. The van der Waals surface area contributed by atoms with E-state index >= 15 is 0 Å². The van der Waals surface area contributed by atoms with Crippen LogP contribution in [0.3, 0.4) is 0 Å². The average Bonchev–Trinajstić information content (AvgIpc) is 3.29. The van der Waals surface area contributed by atoms with Crippen LogP contribution in [0.25, 0.3) is 0 Å². The zero-order valence-electron chi connectivity index (χ0n) is 14.5. The van der Waals surface area contributed by atoms with E-state index in [1.165, 1.54) is 74.4 Å². The summed E-state index contributed by atoms with van der Waals surface area (Å²) in [6.45, 7) is 0. The molecule has 0 radical (unpaired) electrons. The first-order valence-corrected chi connectivity index (χ1v) is 13.0. The number of hydrogen-bond acceptors (Lipinski definition) is 2. The predicted octanol–water partition coefficient (Wildman–Crippen LogP) is 8.49. The van der Waals surface area contributed by atoms with Crippen molar-refractivity contribution in [3.8, 4) is 0 Å². The Kier molecular flexibility index (Phi) is 15.7. The van der Waals surface area contributed by atoms with E-state index in [9.17, 15) is 0 Å². The van der Waals surface area contributed by atoms with Crippen molar-refractivity contribution in [2.24, 2.45) is 0 Å². The molecule has 2 rings (SSSR count). The van der Waals surface area contributed by atoms with Gasteiger partial charge in [-0.1, -0.05) is 76.1 Å². The molecule has 0 spiro atoms. The third-order valence-corrected chi connectivity index (χ3v) is 6.77. The van der Waals surface area contributed by atoms with E-state index in [0.717, 1.165) is 5.33 Å². The lowest BCUT2D eigenvalue weighted by Gasteiger charge is -2.00. The van der Waals surface area contributed by atoms with Crippen LogP contribution in [0.1, 0.15) is 61.1 Å². The van der Waals surface area contributed by atoms with E-state index in [4.69, 9.17) is 0 Å². The van der Waals surface area contributed by atoms with Gasteiger partial charge in [0.25, 0.3) is 0 Å². The van der Waals surface area contributed by atoms with Gasteiger partial charge in [0.2, 0.25) is 0 Å². The number of rotatable bonds is 12. The Morgan fingerprint density at radius 1 is 0.583 bits per heavy atom. The van der Waals surface area contributed by atoms with Crippen molar-refractivity contribution in [2.45, 2.75) is 64.2 Å². The minimum absolute atomic E-state index is 1.12. The van der Waals surface area contributed by atoms with Crippen LogP contribution in [0.4, 0.5) is 0 Å². The highest BCUT2D eigenvalue weighted by molar-refractivity contribution is 9.09. The second kappa shape index (κ2) is 16.8. The Morgan fingerprint density at radius 3 is 1.50 bits per heavy atom. The smallest absolute Gasteiger partial charge is 0.00455 e. The minimum Gasteiger partial charge on any atom is -0.149 e. The topological polar surface area (TPSA) is 0 Å². The largest absolute Gasteiger partial charge is 0.149 e. The summed E-state index contributed by atoms with van der Waals surface area (Å²) in [4.78, 5) is 3.05. The van der Waals surface area contributed by atoms with Crippen molar-refractivity contribution in [2.75, 3.05) is 10.7 Å². The number of aryl methyl sites for hydroxylation is 2. The Hall–Kier alpha value is 0.360. The van der Waals surface area contributed by atoms with Gasteiger partial charge < -0.3 is 0 Å². The van der Waals surface area contributed by atoms with Crippen LogP contribution in [-0.4, -0.2) is 10.7 Å². The molecule has 24 heavy (non-hydrogen) atoms. The third-order valence-electron chi connectivity index (χ3n) is 3.77. The average molecular weight is 494 g/mol. The fraction of sp³-hybridized carbons (Fsp3) is 0.600. The predicted molar refractivity (Wildman–Crippen MR) is 121 cm³/mol. The summed E-state index contributed by atoms with van der Waals surface area (Å²) < 4.78 is 0. The van der Waals surface area contributed by atoms with Crippen molar-refractivity contribution < 1.29 is 0 Å². The maximum atomic E-state index is 3.47. The molecule has 2 aromatic heterocycles. The molecule has 0 nitrogen and oxygen atoms in total. The second-order valence-corrected chi connectivity index (χ2v) is 9.52. The number of thiophene rings is 2. The maximum absolute atomic E-state index is 3.47. The van der Waals surface area contributed by atoms with E-state index < -0.39 is 0 Å². The Bertz CT molecular complexity index is 452. The molecule has 0 N–H and O–H groups in total. The number of halogens is 2. The van der Waals surface area contributed by atoms with Crippen LogP contribution < -0.4 is 0 Å². The molecule has 0 saturated heterocycles. The summed E-state index contributed by atoms with van der Waals surface area (Å²) in [5.74, 6) is 0. The molecule has 0 fully saturated rings. The van der Waals surface area contributed by atoms with E-state index in [1.807, 2.05) is 22.7 Å². The molecule has 0 aliphatic rings. The van der Waals surface area contributed by atoms with Gasteiger partial charge in [0, 0.05) is 20.4 Å². The van der Waals surface area contributed by atoms with Crippen molar-refractivity contribution >= 4 is 54.5 Å². The van der Waals surface area contributed by atoms with Crippen LogP contribution >= 0.6 is 54.5 Å². The lowest BCUT2D eigenvalue weighted by Crippen LogP contribution is -1.83. The van der Waals surface area contributed by atoms with Crippen molar-refractivity contribution in [3.05, 3.63) is 44.8 Å². The summed E-state index contributed by atoms with van der Waals surface area (Å²) >= 11 is 10.6. The Morgan fingerprint density at radius 2 is 1.04 bits per heavy atom. The fourth-order valence-corrected chi connectivity index (χ4v) is 4.61. The van der Waals surface area contributed by atoms with Gasteiger partial charge in [-0.05, 0) is 55.0 Å². The van der Waals surface area contributed by atoms with Crippen LogP contribution in [0.2, 0.25) is 0 Å². The van der Waals surface area contributed by atoms with E-state index in [0.29, 0.717) is 0 Å². The molecule has 4 heteroatoms. The van der Waals surface area contributed by atoms with Gasteiger partial charge in [-0.25, -0.2) is 0 Å². The Balaban J connectivity index is 0.000000272. The summed E-state index contributed by atoms with van der Waals surface area (Å²) in [6, 6.07) is 8.70. The van der Waals surface area contributed by atoms with Crippen molar-refractivity contribution in [1.29, 1.82) is 0 Å². The van der Waals surface area contributed by atoms with Gasteiger partial charge >= 0.3 is 0 Å². The number of alkyl halides is 2. The molecule has 0 amide bonds. The molecular formula is C20H30Br2S2. The standard InChI is InChI=1S/C13H21BrS.C7H9BrS/c14-11-7-5-3-1-2-4-6-9-13-10-8-12-15-13;8-5-1-3-7-4-2-6-9-7/h8,10,12H,1-7,9,11H2;2,4,6H,1,3,5H2. The fourth-order valence-electron chi connectivity index (χ4n) is 2.43. The second-order valence-electron chi connectivity index (χ2n) is 5.87. The Labute approximate surface area is 173 Å². The van der Waals surface area contributed by atoms with Gasteiger partial charge in [0.1, 0.15) is 0 Å². The number of unbranched alkanes of at least 4 members (excludes halogenated alkanes) is 6. The summed E-state index contributed by atoms with van der Waals surface area (Å²) in [5, 5.41) is 6.59. The maximum Gasteiger partial charge on any atom is 0.00455 e. The monoisotopic (exact) mass is 492 g/mol. The highest BCUT2D eigenvalue weighted by Gasteiger charge is 1.94. The van der Waals surface area contributed by atoms with Gasteiger partial charge in [-0.2, -0.15) is 0 Å². The molecule has 0 bridgehead atoms. The first-order valence-electron chi connectivity index (χ1n) is 9.03. The highest BCUT2D eigenvalue weighted by Crippen LogP contribution is 2.14. The van der Waals surface area contributed by atoms with Crippen molar-refractivity contribution in [1.82, 2.24) is 0 Å². The van der Waals surface area contributed by atoms with Crippen LogP contribution in [0.15, 0.2) is 35.0 Å².